The minimum atomic E-state index is -0.579. The van der Waals surface area contributed by atoms with Gasteiger partial charge < -0.3 is 50.6 Å². The molecule has 0 saturated carbocycles. The van der Waals surface area contributed by atoms with E-state index in [-0.39, 0.29) is 23.8 Å². The number of nitrogens with one attached hydrogen (secondary N) is 3. The van der Waals surface area contributed by atoms with Gasteiger partial charge in [0.05, 0.1) is 57.1 Å². The molecule has 5 amide bonds. The van der Waals surface area contributed by atoms with Gasteiger partial charge in [0.15, 0.2) is 0 Å². The summed E-state index contributed by atoms with van der Waals surface area (Å²) >= 11 is 0. The molecule has 5 N–H and O–H groups in total. The number of anilines is 2. The number of carbonyl (C=O) groups excluding carboxylic acids is 4. The molecule has 0 spiro atoms. The first-order valence-electron chi connectivity index (χ1n) is 21.4. The molecule has 1 aliphatic rings. The maximum absolute atomic E-state index is 13.9. The van der Waals surface area contributed by atoms with Crippen LogP contribution in [0.1, 0.15) is 74.9 Å². The molecule has 0 radical (unpaired) electrons. The zero-order valence-electron chi connectivity index (χ0n) is 36.5. The molecule has 0 bridgehead atoms. The first-order valence-corrected chi connectivity index (χ1v) is 21.4. The Balaban J connectivity index is 1.16. The average molecular weight is 851 g/mol. The fraction of sp³-hybridized carbons (Fsp3) is 0.426. The van der Waals surface area contributed by atoms with Crippen LogP contribution < -0.4 is 26.6 Å². The van der Waals surface area contributed by atoms with E-state index in [0.29, 0.717) is 99.5 Å². The topological polar surface area (TPSA) is 181 Å². The van der Waals surface area contributed by atoms with Crippen LogP contribution in [0.25, 0.3) is 11.3 Å². The van der Waals surface area contributed by atoms with Gasteiger partial charge in [-0.1, -0.05) is 30.3 Å². The molecule has 5 rings (SSSR count). The molecule has 332 valence electrons. The van der Waals surface area contributed by atoms with E-state index >= 15 is 0 Å². The number of ether oxygens (including phenoxy) is 3. The smallest absolute Gasteiger partial charge is 0.312 e. The largest absolute Gasteiger partial charge is 0.378 e. The van der Waals surface area contributed by atoms with Crippen LogP contribution in [0, 0.1) is 0 Å². The van der Waals surface area contributed by atoms with Crippen molar-refractivity contribution in [1.82, 2.24) is 25.4 Å². The summed E-state index contributed by atoms with van der Waals surface area (Å²) in [4.78, 5) is 62.3. The highest BCUT2D eigenvalue weighted by Crippen LogP contribution is 2.33. The van der Waals surface area contributed by atoms with E-state index in [1.165, 1.54) is 5.56 Å². The lowest BCUT2D eigenvalue weighted by atomic mass is 9.87. The number of aryl methyl sites for hydroxylation is 1. The van der Waals surface area contributed by atoms with Gasteiger partial charge in [0.2, 0.25) is 0 Å². The summed E-state index contributed by atoms with van der Waals surface area (Å²) in [6.45, 7) is 10.5. The fourth-order valence-electron chi connectivity index (χ4n) is 7.25. The molecule has 1 atom stereocenters. The Morgan fingerprint density at radius 3 is 2.23 bits per heavy atom. The molecule has 0 fully saturated rings. The number of urea groups is 1. The van der Waals surface area contributed by atoms with Crippen LogP contribution in [-0.4, -0.2) is 132 Å². The maximum atomic E-state index is 13.9. The van der Waals surface area contributed by atoms with Crippen LogP contribution in [0.3, 0.4) is 0 Å². The van der Waals surface area contributed by atoms with E-state index < -0.39 is 6.03 Å². The van der Waals surface area contributed by atoms with Crippen molar-refractivity contribution in [3.63, 3.8) is 0 Å². The Labute approximate surface area is 365 Å². The molecule has 1 aromatic heterocycles. The number of fused-ring (bicyclic) bond motifs is 1. The summed E-state index contributed by atoms with van der Waals surface area (Å²) in [5.74, 6) is -0.758. The highest BCUT2D eigenvalue weighted by Gasteiger charge is 2.23. The number of likely N-dealkylation sites (N-methyl/N-ethyl adjacent to an activating group) is 2. The van der Waals surface area contributed by atoms with Gasteiger partial charge in [-0.2, -0.15) is 0 Å². The number of aromatic nitrogens is 1. The Morgan fingerprint density at radius 2 is 1.47 bits per heavy atom. The molecule has 0 saturated heterocycles. The Hall–Kier alpha value is -5.87. The number of rotatable bonds is 24. The fourth-order valence-corrected chi connectivity index (χ4v) is 7.25. The van der Waals surface area contributed by atoms with Crippen molar-refractivity contribution in [2.45, 2.75) is 39.2 Å². The molecular weight excluding hydrogens is 789 g/mol. The normalized spacial score (nSPS) is 13.3. The van der Waals surface area contributed by atoms with Crippen LogP contribution in [-0.2, 0) is 20.6 Å². The summed E-state index contributed by atoms with van der Waals surface area (Å²) in [6.07, 6.45) is 4.51. The number of nitrogens with two attached hydrogens (primary N) is 1. The van der Waals surface area contributed by atoms with Crippen molar-refractivity contribution in [3.8, 4) is 11.3 Å². The number of hydrogen-bond donors (Lipinski definition) is 4. The Morgan fingerprint density at radius 1 is 0.758 bits per heavy atom. The quantitative estimate of drug-likeness (QED) is 0.0670. The van der Waals surface area contributed by atoms with Gasteiger partial charge in [0, 0.05) is 80.5 Å². The number of pyridine rings is 1. The zero-order chi connectivity index (χ0) is 44.3. The van der Waals surface area contributed by atoms with Gasteiger partial charge in [-0.25, -0.2) is 4.79 Å². The standard InChI is InChI=1S/C47H62N8O7/c1-5-55(6-2)38-17-18-42(40(33-38)43-32-36(19-20-49-43)45(57)51-41-16-10-12-34-11-7-8-15-39(34)41)52-44(56)35-13-9-14-37(31-35)46(58)54(4)23-22-53(3)24-26-61-28-30-62-29-27-60-25-21-50-47(48)59/h7-9,11,13-15,17-20,31-33,41H,5-6,10,12,16,21-30H2,1-4H3,(H,51,57)(H,52,56)(H3,48,50,59)/t41-/m0/s1. The highest BCUT2D eigenvalue weighted by atomic mass is 16.5. The highest BCUT2D eigenvalue weighted by molar-refractivity contribution is 6.08. The zero-order valence-corrected chi connectivity index (χ0v) is 36.5. The van der Waals surface area contributed by atoms with E-state index in [1.54, 1.807) is 54.5 Å². The van der Waals surface area contributed by atoms with Crippen molar-refractivity contribution in [2.24, 2.45) is 5.73 Å². The SMILES string of the molecule is CCN(CC)c1ccc(NC(=O)c2cccc(C(=O)N(C)CCN(C)CCOCCOCCOCCNC(N)=O)c2)c(-c2cc(C(=O)N[C@H]3CCCc4ccccc43)ccn2)c1. The third-order valence-electron chi connectivity index (χ3n) is 10.8. The second kappa shape index (κ2) is 24.5. The van der Waals surface area contributed by atoms with Crippen LogP contribution >= 0.6 is 0 Å². The third-order valence-corrected chi connectivity index (χ3v) is 10.8. The molecule has 0 aliphatic heterocycles. The molecule has 1 heterocycles. The lowest BCUT2D eigenvalue weighted by Gasteiger charge is -2.26. The van der Waals surface area contributed by atoms with Gasteiger partial charge >= 0.3 is 6.03 Å². The van der Waals surface area contributed by atoms with Crippen molar-refractivity contribution >= 4 is 35.1 Å². The molecule has 4 aromatic rings. The molecule has 1 aliphatic carbocycles. The third kappa shape index (κ3) is 14.1. The van der Waals surface area contributed by atoms with Crippen molar-refractivity contribution in [1.29, 1.82) is 0 Å². The van der Waals surface area contributed by atoms with Crippen LogP contribution in [0.15, 0.2) is 85.1 Å². The number of amides is 5. The summed E-state index contributed by atoms with van der Waals surface area (Å²) in [7, 11) is 3.71. The van der Waals surface area contributed by atoms with Crippen molar-refractivity contribution < 1.29 is 33.4 Å². The van der Waals surface area contributed by atoms with Crippen LogP contribution in [0.5, 0.6) is 0 Å². The Kier molecular flexibility index (Phi) is 18.7. The summed E-state index contributed by atoms with van der Waals surface area (Å²) in [5.41, 5.74) is 11.4. The number of hydrogen-bond acceptors (Lipinski definition) is 10. The second-order valence-corrected chi connectivity index (χ2v) is 15.1. The second-order valence-electron chi connectivity index (χ2n) is 15.1. The molecular formula is C47H62N8O7. The number of primary amides is 1. The number of carbonyl (C=O) groups is 4. The van der Waals surface area contributed by atoms with E-state index in [2.05, 4.69) is 56.7 Å². The van der Waals surface area contributed by atoms with E-state index in [9.17, 15) is 19.2 Å². The van der Waals surface area contributed by atoms with Crippen molar-refractivity contribution in [2.75, 3.05) is 103 Å². The van der Waals surface area contributed by atoms with Gasteiger partial charge in [0.1, 0.15) is 0 Å². The maximum Gasteiger partial charge on any atom is 0.312 e. The predicted molar refractivity (Wildman–Crippen MR) is 242 cm³/mol. The predicted octanol–water partition coefficient (Wildman–Crippen LogP) is 5.38. The number of benzene rings is 3. The lowest BCUT2D eigenvalue weighted by Crippen LogP contribution is -2.36. The Bertz CT molecular complexity index is 2090. The molecule has 62 heavy (non-hydrogen) atoms. The van der Waals surface area contributed by atoms with Gasteiger partial charge in [-0.15, -0.1) is 0 Å². The van der Waals surface area contributed by atoms with Gasteiger partial charge in [-0.3, -0.25) is 19.4 Å². The van der Waals surface area contributed by atoms with E-state index in [4.69, 9.17) is 19.9 Å². The molecule has 15 nitrogen and oxygen atoms in total. The number of nitrogens with zero attached hydrogens (tertiary/aromatic N) is 4. The molecule has 0 unspecified atom stereocenters. The van der Waals surface area contributed by atoms with Crippen LogP contribution in [0.2, 0.25) is 0 Å². The molecule has 3 aromatic carbocycles. The minimum absolute atomic E-state index is 0.0680. The van der Waals surface area contributed by atoms with Gasteiger partial charge in [-0.05, 0) is 99.8 Å². The van der Waals surface area contributed by atoms with Crippen LogP contribution in [0.4, 0.5) is 16.2 Å². The summed E-state index contributed by atoms with van der Waals surface area (Å²) in [5, 5.41) is 8.77. The molecule has 15 heteroatoms. The first-order chi connectivity index (χ1) is 30.1. The summed E-state index contributed by atoms with van der Waals surface area (Å²) < 4.78 is 16.5. The monoisotopic (exact) mass is 850 g/mol. The summed E-state index contributed by atoms with van der Waals surface area (Å²) in [6, 6.07) is 23.6. The van der Waals surface area contributed by atoms with E-state index in [0.717, 1.165) is 43.6 Å². The van der Waals surface area contributed by atoms with Crippen molar-refractivity contribution in [3.05, 3.63) is 113 Å². The average Bonchev–Trinajstić information content (AvgIpc) is 3.29. The lowest BCUT2D eigenvalue weighted by molar-refractivity contribution is 0.0122. The van der Waals surface area contributed by atoms with E-state index in [1.807, 2.05) is 37.4 Å². The minimum Gasteiger partial charge on any atom is -0.378 e. The van der Waals surface area contributed by atoms with Gasteiger partial charge in [0.25, 0.3) is 17.7 Å². The first kappa shape index (κ1) is 47.2.